The van der Waals surface area contributed by atoms with E-state index in [-0.39, 0.29) is 18.5 Å². The highest BCUT2D eigenvalue weighted by molar-refractivity contribution is 7.10. The van der Waals surface area contributed by atoms with E-state index in [1.807, 2.05) is 34.1 Å². The normalized spacial score (nSPS) is 16.2. The van der Waals surface area contributed by atoms with Crippen LogP contribution in [0.2, 0.25) is 0 Å². The average Bonchev–Trinajstić information content (AvgIpc) is 3.30. The minimum atomic E-state index is -0.505. The van der Waals surface area contributed by atoms with Crippen molar-refractivity contribution in [1.82, 2.24) is 9.80 Å². The van der Waals surface area contributed by atoms with Crippen molar-refractivity contribution >= 4 is 17.2 Å². The van der Waals surface area contributed by atoms with E-state index in [2.05, 4.69) is 24.6 Å². The second-order valence-corrected chi connectivity index (χ2v) is 9.14. The Labute approximate surface area is 200 Å². The van der Waals surface area contributed by atoms with Crippen LogP contribution in [0.5, 0.6) is 11.5 Å². The van der Waals surface area contributed by atoms with E-state index < -0.39 is 6.10 Å². The molecule has 0 bridgehead atoms. The molecule has 178 valence electrons. The second kappa shape index (κ2) is 12.6. The molecule has 7 heteroatoms. The van der Waals surface area contributed by atoms with E-state index in [1.165, 1.54) is 4.88 Å². The van der Waals surface area contributed by atoms with Gasteiger partial charge in [0.15, 0.2) is 0 Å². The molecule has 2 aromatic rings. The summed E-state index contributed by atoms with van der Waals surface area (Å²) in [6.07, 6.45) is 5.29. The number of allylic oxidation sites excluding steroid dienone is 1. The number of hydrogen-bond acceptors (Lipinski definition) is 6. The fraction of sp³-hybridized carbons (Fsp3) is 0.423. The van der Waals surface area contributed by atoms with Gasteiger partial charge in [0.05, 0.1) is 25.8 Å². The summed E-state index contributed by atoms with van der Waals surface area (Å²) in [6, 6.07) is 9.42. The standard InChI is InChI=1S/C26H34N2O4S/c1-4-6-7-20(29)17-27(14-5-2)18-26(30)28-15-12-25-23(13-16-33-25)24(28)19-32-22-10-8-21(31-3)9-11-22/h4-5,8-11,13,16,20,24,29H,1-2,6-7,12,14-15,17-19H2,3H3/t20-,24+/m0/s1. The SMILES string of the molecule is C=CCC[C@H](O)CN(CC=C)CC(=O)N1CCc2sccc2[C@H]1COc1ccc(OC)cc1. The van der Waals surface area contributed by atoms with Gasteiger partial charge in [-0.2, -0.15) is 0 Å². The number of carbonyl (C=O) groups excluding carboxylic acids is 1. The van der Waals surface area contributed by atoms with Gasteiger partial charge in [-0.05, 0) is 60.5 Å². The van der Waals surface area contributed by atoms with Crippen LogP contribution in [-0.4, -0.2) is 66.8 Å². The molecule has 2 atom stereocenters. The number of aliphatic hydroxyl groups is 1. The average molecular weight is 471 g/mol. The molecule has 0 unspecified atom stereocenters. The first-order chi connectivity index (χ1) is 16.0. The maximum absolute atomic E-state index is 13.4. The Morgan fingerprint density at radius 3 is 2.73 bits per heavy atom. The van der Waals surface area contributed by atoms with Gasteiger partial charge >= 0.3 is 0 Å². The minimum absolute atomic E-state index is 0.0351. The summed E-state index contributed by atoms with van der Waals surface area (Å²) < 4.78 is 11.3. The topological polar surface area (TPSA) is 62.2 Å². The van der Waals surface area contributed by atoms with Crippen molar-refractivity contribution in [2.45, 2.75) is 31.4 Å². The Balaban J connectivity index is 1.69. The first kappa shape index (κ1) is 25.0. The van der Waals surface area contributed by atoms with Crippen molar-refractivity contribution in [3.63, 3.8) is 0 Å². The number of nitrogens with zero attached hydrogens (tertiary/aromatic N) is 2. The molecule has 6 nitrogen and oxygen atoms in total. The summed E-state index contributed by atoms with van der Waals surface area (Å²) in [7, 11) is 1.63. The summed E-state index contributed by atoms with van der Waals surface area (Å²) in [5.41, 5.74) is 1.16. The molecule has 1 aliphatic rings. The maximum atomic E-state index is 13.4. The number of amides is 1. The van der Waals surface area contributed by atoms with Crippen molar-refractivity contribution in [2.24, 2.45) is 0 Å². The number of hydrogen-bond donors (Lipinski definition) is 1. The monoisotopic (exact) mass is 470 g/mol. The lowest BCUT2D eigenvalue weighted by atomic mass is 10.0. The number of ether oxygens (including phenoxy) is 2. The summed E-state index contributed by atoms with van der Waals surface area (Å²) in [4.78, 5) is 18.6. The molecule has 1 N–H and O–H groups in total. The van der Waals surface area contributed by atoms with Crippen LogP contribution < -0.4 is 9.47 Å². The van der Waals surface area contributed by atoms with Crippen LogP contribution in [0.25, 0.3) is 0 Å². The third-order valence-corrected chi connectivity index (χ3v) is 6.80. The lowest BCUT2D eigenvalue weighted by Gasteiger charge is -2.37. The third-order valence-electron chi connectivity index (χ3n) is 5.80. The zero-order valence-corrected chi connectivity index (χ0v) is 20.1. The number of carbonyl (C=O) groups is 1. The van der Waals surface area contributed by atoms with E-state index in [0.717, 1.165) is 29.9 Å². The fourth-order valence-corrected chi connectivity index (χ4v) is 5.02. The number of fused-ring (bicyclic) bond motifs is 1. The van der Waals surface area contributed by atoms with Crippen LogP contribution in [0.1, 0.15) is 29.3 Å². The van der Waals surface area contributed by atoms with E-state index in [1.54, 1.807) is 30.6 Å². The Kier molecular flexibility index (Phi) is 9.54. The van der Waals surface area contributed by atoms with E-state index >= 15 is 0 Å². The van der Waals surface area contributed by atoms with E-state index in [9.17, 15) is 9.90 Å². The van der Waals surface area contributed by atoms with Crippen LogP contribution in [-0.2, 0) is 11.2 Å². The molecule has 1 aromatic heterocycles. The van der Waals surface area contributed by atoms with Crippen LogP contribution in [0.4, 0.5) is 0 Å². The van der Waals surface area contributed by atoms with Crippen molar-refractivity contribution < 1.29 is 19.4 Å². The summed E-state index contributed by atoms with van der Waals surface area (Å²) in [5.74, 6) is 1.55. The van der Waals surface area contributed by atoms with Gasteiger partial charge in [-0.1, -0.05) is 12.2 Å². The van der Waals surface area contributed by atoms with Gasteiger partial charge in [-0.15, -0.1) is 24.5 Å². The van der Waals surface area contributed by atoms with Crippen molar-refractivity contribution in [2.75, 3.05) is 39.9 Å². The van der Waals surface area contributed by atoms with Gasteiger partial charge in [-0.25, -0.2) is 0 Å². The quantitative estimate of drug-likeness (QED) is 0.447. The molecule has 0 aliphatic carbocycles. The Morgan fingerprint density at radius 2 is 2.03 bits per heavy atom. The van der Waals surface area contributed by atoms with Crippen molar-refractivity contribution in [3.05, 3.63) is 71.5 Å². The highest BCUT2D eigenvalue weighted by Crippen LogP contribution is 2.34. The maximum Gasteiger partial charge on any atom is 0.237 e. The van der Waals surface area contributed by atoms with Crippen molar-refractivity contribution in [3.8, 4) is 11.5 Å². The van der Waals surface area contributed by atoms with Gasteiger partial charge < -0.3 is 19.5 Å². The molecule has 0 saturated carbocycles. The van der Waals surface area contributed by atoms with Gasteiger partial charge in [0.2, 0.25) is 5.91 Å². The van der Waals surface area contributed by atoms with Crippen LogP contribution in [0, 0.1) is 0 Å². The Bertz CT molecular complexity index is 911. The van der Waals surface area contributed by atoms with Crippen LogP contribution >= 0.6 is 11.3 Å². The smallest absolute Gasteiger partial charge is 0.237 e. The number of thiophene rings is 1. The van der Waals surface area contributed by atoms with Crippen molar-refractivity contribution in [1.29, 1.82) is 0 Å². The Hall–Kier alpha value is -2.61. The summed E-state index contributed by atoms with van der Waals surface area (Å²) in [6.45, 7) is 9.76. The third kappa shape index (κ3) is 6.93. The first-order valence-electron chi connectivity index (χ1n) is 11.3. The molecule has 0 spiro atoms. The lowest BCUT2D eigenvalue weighted by Crippen LogP contribution is -2.47. The van der Waals surface area contributed by atoms with Gasteiger partial charge in [0.1, 0.15) is 18.1 Å². The fourth-order valence-electron chi connectivity index (χ4n) is 4.09. The number of benzene rings is 1. The lowest BCUT2D eigenvalue weighted by molar-refractivity contribution is -0.136. The van der Waals surface area contributed by atoms with Gasteiger partial charge in [-0.3, -0.25) is 9.69 Å². The molecule has 0 radical (unpaired) electrons. The molecule has 2 heterocycles. The Morgan fingerprint density at radius 1 is 1.27 bits per heavy atom. The minimum Gasteiger partial charge on any atom is -0.497 e. The molecular weight excluding hydrogens is 436 g/mol. The number of methoxy groups -OCH3 is 1. The number of rotatable bonds is 13. The molecule has 1 amide bonds. The van der Waals surface area contributed by atoms with Crippen LogP contribution in [0.3, 0.4) is 0 Å². The zero-order valence-electron chi connectivity index (χ0n) is 19.3. The first-order valence-corrected chi connectivity index (χ1v) is 12.2. The predicted molar refractivity (Wildman–Crippen MR) is 133 cm³/mol. The largest absolute Gasteiger partial charge is 0.497 e. The van der Waals surface area contributed by atoms with Crippen LogP contribution in [0.15, 0.2) is 61.0 Å². The van der Waals surface area contributed by atoms with E-state index in [0.29, 0.717) is 32.7 Å². The van der Waals surface area contributed by atoms with Gasteiger partial charge in [0, 0.05) is 24.5 Å². The number of aliphatic hydroxyl groups excluding tert-OH is 1. The molecule has 0 saturated heterocycles. The summed E-state index contributed by atoms with van der Waals surface area (Å²) >= 11 is 1.73. The van der Waals surface area contributed by atoms with Gasteiger partial charge in [0.25, 0.3) is 0 Å². The molecule has 3 rings (SSSR count). The summed E-state index contributed by atoms with van der Waals surface area (Å²) in [5, 5.41) is 12.4. The molecule has 0 fully saturated rings. The molecule has 1 aliphatic heterocycles. The highest BCUT2D eigenvalue weighted by atomic mass is 32.1. The molecular formula is C26H34N2O4S. The molecule has 33 heavy (non-hydrogen) atoms. The highest BCUT2D eigenvalue weighted by Gasteiger charge is 2.33. The van der Waals surface area contributed by atoms with E-state index in [4.69, 9.17) is 9.47 Å². The zero-order chi connectivity index (χ0) is 23.6. The second-order valence-electron chi connectivity index (χ2n) is 8.14. The predicted octanol–water partition coefficient (Wildman–Crippen LogP) is 4.08. The molecule has 1 aromatic carbocycles.